The van der Waals surface area contributed by atoms with Crippen molar-refractivity contribution in [3.8, 4) is 22.8 Å². The molecule has 0 aromatic carbocycles. The van der Waals surface area contributed by atoms with Crippen molar-refractivity contribution in [2.75, 3.05) is 0 Å². The van der Waals surface area contributed by atoms with Gasteiger partial charge in [-0.15, -0.1) is 0 Å². The first-order chi connectivity index (χ1) is 11.9. The Morgan fingerprint density at radius 1 is 0.667 bits per heavy atom. The molecular weight excluding hydrogens is 300 g/mol. The number of aryl methyl sites for hydroxylation is 2. The molecular formula is C18H20N6. The molecule has 2 aliphatic carbocycles. The maximum absolute atomic E-state index is 4.85. The van der Waals surface area contributed by atoms with E-state index in [9.17, 15) is 0 Å². The molecule has 24 heavy (non-hydrogen) atoms. The third-order valence-electron chi connectivity index (χ3n) is 5.23. The minimum Gasteiger partial charge on any atom is -0.282 e. The monoisotopic (exact) mass is 320 g/mol. The Hall–Kier alpha value is -2.50. The largest absolute Gasteiger partial charge is 0.282 e. The summed E-state index contributed by atoms with van der Waals surface area (Å²) < 4.78 is 0. The van der Waals surface area contributed by atoms with Gasteiger partial charge in [0.15, 0.2) is 0 Å². The van der Waals surface area contributed by atoms with Gasteiger partial charge in [0.2, 0.25) is 0 Å². The van der Waals surface area contributed by atoms with Crippen molar-refractivity contribution in [2.24, 2.45) is 0 Å². The zero-order valence-electron chi connectivity index (χ0n) is 13.6. The SMILES string of the molecule is c1ncc(-c2n[nH]c3c2CCCC3)nc1-c1n[nH]c2c1CCCC2. The van der Waals surface area contributed by atoms with Gasteiger partial charge in [0.25, 0.3) is 0 Å². The number of nitrogens with zero attached hydrogens (tertiary/aromatic N) is 4. The molecule has 0 saturated heterocycles. The van der Waals surface area contributed by atoms with Crippen LogP contribution in [0.2, 0.25) is 0 Å². The van der Waals surface area contributed by atoms with Gasteiger partial charge < -0.3 is 0 Å². The Bertz CT molecular complexity index is 821. The van der Waals surface area contributed by atoms with Gasteiger partial charge in [0.05, 0.1) is 12.4 Å². The standard InChI is InChI=1S/C18H20N6/c1-3-7-13-11(5-1)17(23-21-13)15-9-19-10-16(20-15)18-12-6-2-4-8-14(12)22-24-18/h9-10H,1-8H2,(H,21,23)(H,22,24). The van der Waals surface area contributed by atoms with E-state index in [0.29, 0.717) is 0 Å². The van der Waals surface area contributed by atoms with Crippen LogP contribution < -0.4 is 0 Å². The van der Waals surface area contributed by atoms with Crippen LogP contribution in [0.25, 0.3) is 22.8 Å². The lowest BCUT2D eigenvalue weighted by Gasteiger charge is -2.12. The summed E-state index contributed by atoms with van der Waals surface area (Å²) in [5.41, 5.74) is 8.78. The molecule has 0 fully saturated rings. The number of fused-ring (bicyclic) bond motifs is 2. The van der Waals surface area contributed by atoms with Gasteiger partial charge in [-0.05, 0) is 51.4 Å². The molecule has 122 valence electrons. The minimum absolute atomic E-state index is 0.847. The summed E-state index contributed by atoms with van der Waals surface area (Å²) in [6.45, 7) is 0. The van der Waals surface area contributed by atoms with Gasteiger partial charge in [0.1, 0.15) is 22.8 Å². The van der Waals surface area contributed by atoms with Gasteiger partial charge in [0, 0.05) is 22.5 Å². The molecule has 3 aromatic rings. The third kappa shape index (κ3) is 2.17. The van der Waals surface area contributed by atoms with Crippen LogP contribution in [0.1, 0.15) is 48.2 Å². The molecule has 5 rings (SSSR count). The lowest BCUT2D eigenvalue weighted by molar-refractivity contribution is 0.675. The fourth-order valence-electron chi connectivity index (χ4n) is 3.98. The Morgan fingerprint density at radius 2 is 1.17 bits per heavy atom. The second kappa shape index (κ2) is 5.54. The number of H-pyrrole nitrogens is 2. The Balaban J connectivity index is 1.58. The first kappa shape index (κ1) is 13.9. The summed E-state index contributed by atoms with van der Waals surface area (Å²) in [7, 11) is 0. The molecule has 0 amide bonds. The van der Waals surface area contributed by atoms with Gasteiger partial charge in [-0.2, -0.15) is 10.2 Å². The summed E-state index contributed by atoms with van der Waals surface area (Å²) >= 11 is 0. The molecule has 0 unspecified atom stereocenters. The predicted octanol–water partition coefficient (Wildman–Crippen LogP) is 3.01. The average Bonchev–Trinajstić information content (AvgIpc) is 3.26. The highest BCUT2D eigenvalue weighted by Gasteiger charge is 2.22. The number of hydrogen-bond donors (Lipinski definition) is 2. The van der Waals surface area contributed by atoms with E-state index < -0.39 is 0 Å². The highest BCUT2D eigenvalue weighted by atomic mass is 15.1. The first-order valence-electron chi connectivity index (χ1n) is 8.85. The van der Waals surface area contributed by atoms with E-state index in [4.69, 9.17) is 4.98 Å². The number of hydrogen-bond acceptors (Lipinski definition) is 4. The first-order valence-corrected chi connectivity index (χ1v) is 8.85. The number of aromatic nitrogens is 6. The van der Waals surface area contributed by atoms with Crippen molar-refractivity contribution in [1.82, 2.24) is 30.4 Å². The van der Waals surface area contributed by atoms with Crippen molar-refractivity contribution < 1.29 is 0 Å². The van der Waals surface area contributed by atoms with Crippen LogP contribution in [-0.2, 0) is 25.7 Å². The van der Waals surface area contributed by atoms with Crippen molar-refractivity contribution >= 4 is 0 Å². The van der Waals surface area contributed by atoms with E-state index in [2.05, 4.69) is 25.4 Å². The zero-order chi connectivity index (χ0) is 15.9. The molecule has 0 bridgehead atoms. The van der Waals surface area contributed by atoms with Crippen molar-refractivity contribution in [3.05, 3.63) is 34.9 Å². The molecule has 6 heteroatoms. The zero-order valence-corrected chi connectivity index (χ0v) is 13.6. The third-order valence-corrected chi connectivity index (χ3v) is 5.23. The second-order valence-electron chi connectivity index (χ2n) is 6.76. The maximum Gasteiger partial charge on any atom is 0.116 e. The Kier molecular flexibility index (Phi) is 3.21. The van der Waals surface area contributed by atoms with Crippen LogP contribution in [0.5, 0.6) is 0 Å². The van der Waals surface area contributed by atoms with E-state index in [1.54, 1.807) is 0 Å². The molecule has 2 aliphatic rings. The lowest BCUT2D eigenvalue weighted by atomic mass is 9.94. The van der Waals surface area contributed by atoms with Crippen molar-refractivity contribution in [3.63, 3.8) is 0 Å². The lowest BCUT2D eigenvalue weighted by Crippen LogP contribution is -2.03. The van der Waals surface area contributed by atoms with Crippen molar-refractivity contribution in [1.29, 1.82) is 0 Å². The maximum atomic E-state index is 4.85. The van der Waals surface area contributed by atoms with Gasteiger partial charge in [-0.3, -0.25) is 15.2 Å². The van der Waals surface area contributed by atoms with E-state index in [0.717, 1.165) is 48.5 Å². The van der Waals surface area contributed by atoms with E-state index in [-0.39, 0.29) is 0 Å². The summed E-state index contributed by atoms with van der Waals surface area (Å²) in [5.74, 6) is 0. The van der Waals surface area contributed by atoms with Crippen LogP contribution in [0.15, 0.2) is 12.4 Å². The fourth-order valence-corrected chi connectivity index (χ4v) is 3.98. The summed E-state index contributed by atoms with van der Waals surface area (Å²) in [5, 5.41) is 15.4. The smallest absolute Gasteiger partial charge is 0.116 e. The fraction of sp³-hybridized carbons (Fsp3) is 0.444. The van der Waals surface area contributed by atoms with Crippen LogP contribution in [0, 0.1) is 0 Å². The Labute approximate surface area is 140 Å². The predicted molar refractivity (Wildman–Crippen MR) is 90.5 cm³/mol. The molecule has 6 nitrogen and oxygen atoms in total. The van der Waals surface area contributed by atoms with Gasteiger partial charge >= 0.3 is 0 Å². The van der Waals surface area contributed by atoms with E-state index in [1.807, 2.05) is 12.4 Å². The summed E-state index contributed by atoms with van der Waals surface area (Å²) in [4.78, 5) is 9.27. The molecule has 3 heterocycles. The highest BCUT2D eigenvalue weighted by Crippen LogP contribution is 2.31. The summed E-state index contributed by atoms with van der Waals surface area (Å²) in [6.07, 6.45) is 12.9. The Morgan fingerprint density at radius 3 is 1.71 bits per heavy atom. The molecule has 0 aliphatic heterocycles. The molecule has 0 saturated carbocycles. The average molecular weight is 320 g/mol. The van der Waals surface area contributed by atoms with Crippen molar-refractivity contribution in [2.45, 2.75) is 51.4 Å². The molecule has 0 spiro atoms. The van der Waals surface area contributed by atoms with Crippen LogP contribution in [-0.4, -0.2) is 30.4 Å². The van der Waals surface area contributed by atoms with Crippen LogP contribution in [0.3, 0.4) is 0 Å². The number of aromatic amines is 2. The number of nitrogens with one attached hydrogen (secondary N) is 2. The quantitative estimate of drug-likeness (QED) is 0.760. The van der Waals surface area contributed by atoms with Gasteiger partial charge in [-0.25, -0.2) is 4.98 Å². The second-order valence-corrected chi connectivity index (χ2v) is 6.76. The number of rotatable bonds is 2. The highest BCUT2D eigenvalue weighted by molar-refractivity contribution is 5.65. The molecule has 2 N–H and O–H groups in total. The normalized spacial score (nSPS) is 16.7. The van der Waals surface area contributed by atoms with Gasteiger partial charge in [-0.1, -0.05) is 0 Å². The topological polar surface area (TPSA) is 83.1 Å². The van der Waals surface area contributed by atoms with E-state index >= 15 is 0 Å². The minimum atomic E-state index is 0.847. The van der Waals surface area contributed by atoms with Crippen LogP contribution >= 0.6 is 0 Å². The molecule has 3 aromatic heterocycles. The summed E-state index contributed by atoms with van der Waals surface area (Å²) in [6, 6.07) is 0. The van der Waals surface area contributed by atoms with Crippen LogP contribution in [0.4, 0.5) is 0 Å². The molecule has 0 radical (unpaired) electrons. The van der Waals surface area contributed by atoms with E-state index in [1.165, 1.54) is 48.2 Å². The molecule has 0 atom stereocenters.